The van der Waals surface area contributed by atoms with Gasteiger partial charge in [-0.3, -0.25) is 0 Å². The first-order valence-corrected chi connectivity index (χ1v) is 6.65. The molecule has 0 radical (unpaired) electrons. The van der Waals surface area contributed by atoms with Crippen LogP contribution in [-0.2, 0) is 6.54 Å². The van der Waals surface area contributed by atoms with E-state index in [4.69, 9.17) is 5.73 Å². The number of anilines is 1. The van der Waals surface area contributed by atoms with Gasteiger partial charge in [-0.25, -0.2) is 9.37 Å². The normalized spacial score (nSPS) is 12.4. The molecule has 0 unspecified atom stereocenters. The fourth-order valence-corrected chi connectivity index (χ4v) is 2.31. The molecule has 5 heteroatoms. The number of aromatic nitrogens is 1. The highest BCUT2D eigenvalue weighted by Crippen LogP contribution is 2.23. The second-order valence-electron chi connectivity index (χ2n) is 4.34. The molecule has 0 saturated heterocycles. The van der Waals surface area contributed by atoms with Crippen LogP contribution in [-0.4, -0.2) is 12.0 Å². The van der Waals surface area contributed by atoms with Gasteiger partial charge in [0.15, 0.2) is 0 Å². The quantitative estimate of drug-likeness (QED) is 0.924. The molecule has 0 amide bonds. The minimum atomic E-state index is -0.248. The predicted octanol–water partition coefficient (Wildman–Crippen LogP) is 2.94. The fourth-order valence-electron chi connectivity index (χ4n) is 1.76. The minimum Gasteiger partial charge on any atom is -0.366 e. The van der Waals surface area contributed by atoms with Gasteiger partial charge in [0.1, 0.15) is 5.82 Å². The molecule has 3 nitrogen and oxygen atoms in total. The van der Waals surface area contributed by atoms with Crippen molar-refractivity contribution >= 4 is 17.0 Å². The molecule has 1 atom stereocenters. The predicted molar refractivity (Wildman–Crippen MR) is 73.2 cm³/mol. The van der Waals surface area contributed by atoms with E-state index >= 15 is 0 Å². The third-order valence-corrected chi connectivity index (χ3v) is 3.43. The van der Waals surface area contributed by atoms with Gasteiger partial charge < -0.3 is 10.6 Å². The summed E-state index contributed by atoms with van der Waals surface area (Å²) in [6.45, 7) is 2.44. The van der Waals surface area contributed by atoms with Gasteiger partial charge in [-0.2, -0.15) is 0 Å². The summed E-state index contributed by atoms with van der Waals surface area (Å²) in [7, 11) is 1.85. The number of benzene rings is 1. The van der Waals surface area contributed by atoms with Crippen molar-refractivity contribution in [3.63, 3.8) is 0 Å². The molecule has 2 rings (SSSR count). The van der Waals surface area contributed by atoms with Crippen LogP contribution in [0.1, 0.15) is 24.2 Å². The van der Waals surface area contributed by atoms with Crippen molar-refractivity contribution < 1.29 is 4.39 Å². The van der Waals surface area contributed by atoms with Crippen LogP contribution in [0, 0.1) is 5.82 Å². The summed E-state index contributed by atoms with van der Waals surface area (Å²) >= 11 is 1.54. The Bertz CT molecular complexity index is 511. The second kappa shape index (κ2) is 5.46. The Hall–Kier alpha value is -1.46. The molecule has 0 fully saturated rings. The molecule has 1 aromatic heterocycles. The maximum absolute atomic E-state index is 14.0. The Balaban J connectivity index is 2.17. The largest absolute Gasteiger partial charge is 0.366 e. The Morgan fingerprint density at radius 2 is 2.28 bits per heavy atom. The molecule has 0 aliphatic heterocycles. The van der Waals surface area contributed by atoms with Crippen LogP contribution in [0.5, 0.6) is 0 Å². The summed E-state index contributed by atoms with van der Waals surface area (Å²) < 4.78 is 14.0. The first-order chi connectivity index (χ1) is 8.58. The first-order valence-electron chi connectivity index (χ1n) is 5.71. The number of thiazole rings is 1. The topological polar surface area (TPSA) is 42.1 Å². The van der Waals surface area contributed by atoms with Crippen LogP contribution < -0.4 is 10.6 Å². The van der Waals surface area contributed by atoms with E-state index in [2.05, 4.69) is 4.98 Å². The van der Waals surface area contributed by atoms with Crippen molar-refractivity contribution in [3.8, 4) is 0 Å². The standard InChI is InChI=1S/C13H16FN3S/c1-9(15)10-3-4-13(12(14)5-10)17(2)6-11-7-18-8-16-11/h3-5,7-9H,6,15H2,1-2H3/t9-/m1/s1. The first kappa shape index (κ1) is 13.0. The van der Waals surface area contributed by atoms with Gasteiger partial charge in [-0.1, -0.05) is 6.07 Å². The Morgan fingerprint density at radius 3 is 2.83 bits per heavy atom. The van der Waals surface area contributed by atoms with E-state index in [0.717, 1.165) is 11.3 Å². The van der Waals surface area contributed by atoms with Gasteiger partial charge >= 0.3 is 0 Å². The monoisotopic (exact) mass is 265 g/mol. The van der Waals surface area contributed by atoms with E-state index in [9.17, 15) is 4.39 Å². The third kappa shape index (κ3) is 2.86. The summed E-state index contributed by atoms with van der Waals surface area (Å²) in [6.07, 6.45) is 0. The van der Waals surface area contributed by atoms with E-state index in [1.807, 2.05) is 30.3 Å². The molecule has 0 bridgehead atoms. The number of hydrogen-bond acceptors (Lipinski definition) is 4. The zero-order valence-electron chi connectivity index (χ0n) is 10.4. The number of hydrogen-bond donors (Lipinski definition) is 1. The van der Waals surface area contributed by atoms with Gasteiger partial charge in [-0.15, -0.1) is 11.3 Å². The van der Waals surface area contributed by atoms with Gasteiger partial charge in [0, 0.05) is 18.5 Å². The average molecular weight is 265 g/mol. The molecule has 18 heavy (non-hydrogen) atoms. The van der Waals surface area contributed by atoms with Gasteiger partial charge in [-0.05, 0) is 24.6 Å². The lowest BCUT2D eigenvalue weighted by Crippen LogP contribution is -2.18. The number of rotatable bonds is 4. The fraction of sp³-hybridized carbons (Fsp3) is 0.308. The van der Waals surface area contributed by atoms with Crippen LogP contribution in [0.25, 0.3) is 0 Å². The van der Waals surface area contributed by atoms with Crippen LogP contribution in [0.3, 0.4) is 0 Å². The summed E-state index contributed by atoms with van der Waals surface area (Å²) in [5.41, 5.74) is 9.82. The molecule has 0 aliphatic carbocycles. The lowest BCUT2D eigenvalue weighted by Gasteiger charge is -2.19. The molecule has 1 heterocycles. The SMILES string of the molecule is C[C@@H](N)c1ccc(N(C)Cc2cscn2)c(F)c1. The van der Waals surface area contributed by atoms with E-state index in [1.165, 1.54) is 17.4 Å². The van der Waals surface area contributed by atoms with Crippen LogP contribution in [0.4, 0.5) is 10.1 Å². The van der Waals surface area contributed by atoms with Crippen LogP contribution >= 0.6 is 11.3 Å². The van der Waals surface area contributed by atoms with Crippen molar-refractivity contribution in [1.29, 1.82) is 0 Å². The Morgan fingerprint density at radius 1 is 1.50 bits per heavy atom. The lowest BCUT2D eigenvalue weighted by molar-refractivity contribution is 0.616. The van der Waals surface area contributed by atoms with Gasteiger partial charge in [0.05, 0.1) is 23.4 Å². The third-order valence-electron chi connectivity index (χ3n) is 2.79. The second-order valence-corrected chi connectivity index (χ2v) is 5.05. The van der Waals surface area contributed by atoms with Crippen molar-refractivity contribution in [2.24, 2.45) is 5.73 Å². The summed E-state index contributed by atoms with van der Waals surface area (Å²) in [6, 6.07) is 4.97. The van der Waals surface area contributed by atoms with Crippen molar-refractivity contribution in [2.75, 3.05) is 11.9 Å². The molecule has 2 N–H and O–H groups in total. The Kier molecular flexibility index (Phi) is 3.93. The molecular weight excluding hydrogens is 249 g/mol. The highest BCUT2D eigenvalue weighted by atomic mass is 32.1. The van der Waals surface area contributed by atoms with Crippen molar-refractivity contribution in [2.45, 2.75) is 19.5 Å². The van der Waals surface area contributed by atoms with E-state index in [1.54, 1.807) is 11.6 Å². The summed E-state index contributed by atoms with van der Waals surface area (Å²) in [5.74, 6) is -0.248. The van der Waals surface area contributed by atoms with E-state index in [0.29, 0.717) is 12.2 Å². The zero-order chi connectivity index (χ0) is 13.1. The Labute approximate surface area is 110 Å². The number of nitrogens with two attached hydrogens (primary N) is 1. The van der Waals surface area contributed by atoms with E-state index < -0.39 is 0 Å². The highest BCUT2D eigenvalue weighted by molar-refractivity contribution is 7.07. The lowest BCUT2D eigenvalue weighted by atomic mass is 10.1. The molecule has 1 aromatic carbocycles. The summed E-state index contributed by atoms with van der Waals surface area (Å²) in [5, 5.41) is 1.96. The number of halogens is 1. The summed E-state index contributed by atoms with van der Waals surface area (Å²) in [4.78, 5) is 6.03. The highest BCUT2D eigenvalue weighted by Gasteiger charge is 2.11. The smallest absolute Gasteiger partial charge is 0.146 e. The zero-order valence-corrected chi connectivity index (χ0v) is 11.2. The number of nitrogens with zero attached hydrogens (tertiary/aromatic N) is 2. The van der Waals surface area contributed by atoms with E-state index in [-0.39, 0.29) is 11.9 Å². The maximum Gasteiger partial charge on any atom is 0.146 e. The van der Waals surface area contributed by atoms with Crippen molar-refractivity contribution in [1.82, 2.24) is 4.98 Å². The van der Waals surface area contributed by atoms with Crippen LogP contribution in [0.2, 0.25) is 0 Å². The van der Waals surface area contributed by atoms with Crippen molar-refractivity contribution in [3.05, 3.63) is 46.2 Å². The average Bonchev–Trinajstić information content (AvgIpc) is 2.81. The molecule has 2 aromatic rings. The molecule has 96 valence electrons. The molecular formula is C13H16FN3S. The maximum atomic E-state index is 14.0. The molecule has 0 saturated carbocycles. The van der Waals surface area contributed by atoms with Gasteiger partial charge in [0.25, 0.3) is 0 Å². The van der Waals surface area contributed by atoms with Crippen LogP contribution in [0.15, 0.2) is 29.1 Å². The molecule has 0 aliphatic rings. The minimum absolute atomic E-state index is 0.155. The molecule has 0 spiro atoms. The van der Waals surface area contributed by atoms with Gasteiger partial charge in [0.2, 0.25) is 0 Å².